The van der Waals surface area contributed by atoms with Gasteiger partial charge in [0.1, 0.15) is 0 Å². The number of nitrogens with two attached hydrogens (primary N) is 1. The van der Waals surface area contributed by atoms with Crippen molar-refractivity contribution in [3.63, 3.8) is 0 Å². The first-order valence-electron chi connectivity index (χ1n) is 4.38. The molecule has 3 nitrogen and oxygen atoms in total. The van der Waals surface area contributed by atoms with Crippen LogP contribution in [0.3, 0.4) is 0 Å². The number of hydrogen-bond acceptors (Lipinski definition) is 3. The maximum absolute atomic E-state index is 5.54. The average Bonchev–Trinajstić information content (AvgIpc) is 2.54. The summed E-state index contributed by atoms with van der Waals surface area (Å²) in [6.07, 6.45) is 0. The van der Waals surface area contributed by atoms with Gasteiger partial charge in [-0.3, -0.25) is 0 Å². The number of nitrogen functional groups attached to an aromatic ring is 1. The van der Waals surface area contributed by atoms with Gasteiger partial charge < -0.3 is 10.2 Å². The molecule has 0 spiro atoms. The van der Waals surface area contributed by atoms with Gasteiger partial charge in [0.25, 0.3) is 0 Å². The first-order chi connectivity index (χ1) is 6.84. The summed E-state index contributed by atoms with van der Waals surface area (Å²) in [5.74, 6) is 0.992. The molecule has 0 amide bonds. The van der Waals surface area contributed by atoms with Crippen LogP contribution in [0.4, 0.5) is 5.88 Å². The lowest BCUT2D eigenvalue weighted by Crippen LogP contribution is -1.85. The summed E-state index contributed by atoms with van der Waals surface area (Å²) in [4.78, 5) is 4.33. The second-order valence-electron chi connectivity index (χ2n) is 3.19. The van der Waals surface area contributed by atoms with E-state index in [2.05, 4.69) is 4.98 Å². The summed E-state index contributed by atoms with van der Waals surface area (Å²) >= 11 is 0. The Bertz CT molecular complexity index is 571. The molecule has 2 heterocycles. The molecule has 0 radical (unpaired) electrons. The van der Waals surface area contributed by atoms with E-state index in [0.29, 0.717) is 11.8 Å². The molecule has 3 heteroatoms. The first-order valence-corrected chi connectivity index (χ1v) is 4.38. The Kier molecular flexibility index (Phi) is 1.31. The highest BCUT2D eigenvalue weighted by atomic mass is 16.4. The zero-order valence-corrected chi connectivity index (χ0v) is 7.40. The van der Waals surface area contributed by atoms with Crippen LogP contribution in [0.2, 0.25) is 0 Å². The van der Waals surface area contributed by atoms with Gasteiger partial charge in [-0.05, 0) is 18.2 Å². The molecular weight excluding hydrogens is 176 g/mol. The summed E-state index contributed by atoms with van der Waals surface area (Å²) in [7, 11) is 0. The third-order valence-corrected chi connectivity index (χ3v) is 2.28. The van der Waals surface area contributed by atoms with Crippen molar-refractivity contribution in [3.05, 3.63) is 36.4 Å². The number of benzene rings is 1. The van der Waals surface area contributed by atoms with Crippen molar-refractivity contribution in [1.82, 2.24) is 4.98 Å². The molecule has 3 rings (SSSR count). The maximum atomic E-state index is 5.54. The fourth-order valence-electron chi connectivity index (χ4n) is 1.63. The Morgan fingerprint density at radius 3 is 2.86 bits per heavy atom. The minimum atomic E-state index is 0.389. The predicted octanol–water partition coefficient (Wildman–Crippen LogP) is 2.51. The summed E-state index contributed by atoms with van der Waals surface area (Å²) in [6.45, 7) is 0. The fraction of sp³-hybridized carbons (Fsp3) is 0. The standard InChI is InChI=1S/C11H8N2O/c12-10-6-5-8-7-3-1-2-4-9(7)13-11(8)14-10/h1-6H,12H2. The molecule has 0 atom stereocenters. The lowest BCUT2D eigenvalue weighted by Gasteiger charge is -1.97. The number of fused-ring (bicyclic) bond motifs is 3. The highest BCUT2D eigenvalue weighted by Gasteiger charge is 2.12. The van der Waals surface area contributed by atoms with E-state index >= 15 is 0 Å². The number of anilines is 1. The summed E-state index contributed by atoms with van der Waals surface area (Å²) < 4.78 is 5.31. The van der Waals surface area contributed by atoms with E-state index in [-0.39, 0.29) is 0 Å². The smallest absolute Gasteiger partial charge is 0.229 e. The third-order valence-electron chi connectivity index (χ3n) is 2.28. The topological polar surface area (TPSA) is 52.0 Å². The van der Waals surface area contributed by atoms with E-state index in [9.17, 15) is 0 Å². The molecule has 0 unspecified atom stereocenters. The van der Waals surface area contributed by atoms with E-state index in [1.165, 1.54) is 0 Å². The van der Waals surface area contributed by atoms with Gasteiger partial charge in [-0.2, -0.15) is 0 Å². The van der Waals surface area contributed by atoms with Crippen LogP contribution in [-0.2, 0) is 0 Å². The highest BCUT2D eigenvalue weighted by molar-refractivity contribution is 5.95. The number of rotatable bonds is 0. The molecule has 68 valence electrons. The lowest BCUT2D eigenvalue weighted by atomic mass is 10.1. The summed E-state index contributed by atoms with van der Waals surface area (Å²) in [5, 5.41) is 1.10. The summed E-state index contributed by atoms with van der Waals surface area (Å²) in [6, 6.07) is 11.6. The third kappa shape index (κ3) is 0.893. The second kappa shape index (κ2) is 2.48. The molecule has 0 bridgehead atoms. The first kappa shape index (κ1) is 7.38. The van der Waals surface area contributed by atoms with Crippen molar-refractivity contribution in [2.45, 2.75) is 0 Å². The van der Waals surface area contributed by atoms with Gasteiger partial charge in [-0.25, -0.2) is 4.98 Å². The van der Waals surface area contributed by atoms with Crippen molar-refractivity contribution in [2.24, 2.45) is 0 Å². The summed E-state index contributed by atoms with van der Waals surface area (Å²) in [5.41, 5.74) is 7.49. The van der Waals surface area contributed by atoms with E-state index in [4.69, 9.17) is 10.2 Å². The molecule has 2 aliphatic rings. The molecule has 1 aromatic rings. The molecule has 0 aromatic heterocycles. The van der Waals surface area contributed by atoms with Gasteiger partial charge in [-0.1, -0.05) is 18.2 Å². The van der Waals surface area contributed by atoms with Crippen LogP contribution in [-0.4, -0.2) is 4.98 Å². The molecule has 1 aromatic carbocycles. The monoisotopic (exact) mass is 184 g/mol. The number of aromatic nitrogens is 1. The zero-order valence-electron chi connectivity index (χ0n) is 7.40. The van der Waals surface area contributed by atoms with Gasteiger partial charge in [0.05, 0.1) is 5.52 Å². The molecule has 14 heavy (non-hydrogen) atoms. The molecule has 0 aliphatic carbocycles. The van der Waals surface area contributed by atoms with Crippen molar-refractivity contribution in [3.8, 4) is 11.5 Å². The Hall–Kier alpha value is -2.03. The average molecular weight is 184 g/mol. The van der Waals surface area contributed by atoms with Gasteiger partial charge in [0.15, 0.2) is 5.88 Å². The quantitative estimate of drug-likeness (QED) is 0.584. The second-order valence-corrected chi connectivity index (χ2v) is 3.19. The van der Waals surface area contributed by atoms with Crippen LogP contribution in [0, 0.1) is 0 Å². The molecule has 2 aliphatic heterocycles. The minimum absolute atomic E-state index is 0.389. The molecule has 0 fully saturated rings. The van der Waals surface area contributed by atoms with Crippen molar-refractivity contribution >= 4 is 16.8 Å². The van der Waals surface area contributed by atoms with Crippen LogP contribution >= 0.6 is 0 Å². The Balaban J connectivity index is 2.50. The van der Waals surface area contributed by atoms with Crippen LogP contribution in [0.5, 0.6) is 0 Å². The number of nitrogens with zero attached hydrogens (tertiary/aromatic N) is 1. The molecule has 0 saturated carbocycles. The van der Waals surface area contributed by atoms with Crippen molar-refractivity contribution in [2.75, 3.05) is 5.73 Å². The molecular formula is C11H8N2O. The van der Waals surface area contributed by atoms with Crippen LogP contribution in [0.1, 0.15) is 0 Å². The number of para-hydroxylation sites is 1. The van der Waals surface area contributed by atoms with Gasteiger partial charge >= 0.3 is 0 Å². The lowest BCUT2D eigenvalue weighted by molar-refractivity contribution is 0.573. The largest absolute Gasteiger partial charge is 0.423 e. The zero-order chi connectivity index (χ0) is 9.54. The Labute approximate surface area is 80.5 Å². The Morgan fingerprint density at radius 1 is 1.07 bits per heavy atom. The van der Waals surface area contributed by atoms with Gasteiger partial charge in [0.2, 0.25) is 5.89 Å². The van der Waals surface area contributed by atoms with Crippen LogP contribution < -0.4 is 5.73 Å². The van der Waals surface area contributed by atoms with E-state index in [1.807, 2.05) is 30.3 Å². The normalized spacial score (nSPS) is 11.1. The van der Waals surface area contributed by atoms with Crippen molar-refractivity contribution < 1.29 is 4.42 Å². The minimum Gasteiger partial charge on any atom is -0.423 e. The van der Waals surface area contributed by atoms with E-state index < -0.39 is 0 Å². The Morgan fingerprint density at radius 2 is 1.93 bits per heavy atom. The SMILES string of the molecule is Nc1ccc2c3ccccc3nc-2o1. The molecule has 2 N–H and O–H groups in total. The van der Waals surface area contributed by atoms with Gasteiger partial charge in [-0.15, -0.1) is 0 Å². The van der Waals surface area contributed by atoms with Crippen molar-refractivity contribution in [1.29, 1.82) is 0 Å². The van der Waals surface area contributed by atoms with E-state index in [0.717, 1.165) is 16.5 Å². The molecule has 0 saturated heterocycles. The maximum Gasteiger partial charge on any atom is 0.229 e. The van der Waals surface area contributed by atoms with Gasteiger partial charge in [0, 0.05) is 10.9 Å². The predicted molar refractivity (Wildman–Crippen MR) is 55.0 cm³/mol. The van der Waals surface area contributed by atoms with Crippen LogP contribution in [0.25, 0.3) is 22.4 Å². The number of hydrogen-bond donors (Lipinski definition) is 1. The highest BCUT2D eigenvalue weighted by Crippen LogP contribution is 2.31. The van der Waals surface area contributed by atoms with Crippen LogP contribution in [0.15, 0.2) is 40.8 Å². The fourth-order valence-corrected chi connectivity index (χ4v) is 1.63. The van der Waals surface area contributed by atoms with E-state index in [1.54, 1.807) is 6.07 Å².